The molecule has 0 saturated carbocycles. The van der Waals surface area contributed by atoms with Crippen molar-refractivity contribution in [2.45, 2.75) is 32.2 Å². The molecule has 13 heteroatoms. The number of aromatic nitrogens is 4. The molecule has 2 aromatic carbocycles. The summed E-state index contributed by atoms with van der Waals surface area (Å²) < 4.78 is 32.2. The largest absolute Gasteiger partial charge is 0.344 e. The third-order valence-corrected chi connectivity index (χ3v) is 8.86. The van der Waals surface area contributed by atoms with E-state index in [0.717, 1.165) is 35.6 Å². The number of anilines is 1. The molecular formula is C33H30N8O4S. The zero-order valence-corrected chi connectivity index (χ0v) is 25.9. The lowest BCUT2D eigenvalue weighted by Crippen LogP contribution is -2.35. The van der Waals surface area contributed by atoms with Crippen LogP contribution in [0.15, 0.2) is 77.9 Å². The Bertz CT molecular complexity index is 2300. The van der Waals surface area contributed by atoms with Gasteiger partial charge in [0.15, 0.2) is 11.5 Å². The summed E-state index contributed by atoms with van der Waals surface area (Å²) >= 11 is 0. The number of rotatable bonds is 8. The summed E-state index contributed by atoms with van der Waals surface area (Å²) in [6.07, 6.45) is 6.38. The van der Waals surface area contributed by atoms with Crippen molar-refractivity contribution >= 4 is 44.6 Å². The number of hydrogen-bond acceptors (Lipinski definition) is 7. The fourth-order valence-corrected chi connectivity index (χ4v) is 6.37. The first-order valence-electron chi connectivity index (χ1n) is 14.5. The van der Waals surface area contributed by atoms with Crippen LogP contribution in [0.4, 0.5) is 5.82 Å². The van der Waals surface area contributed by atoms with Gasteiger partial charge in [-0.05, 0) is 67.0 Å². The summed E-state index contributed by atoms with van der Waals surface area (Å²) in [4.78, 5) is 32.9. The van der Waals surface area contributed by atoms with Gasteiger partial charge in [0.25, 0.3) is 21.7 Å². The number of nitrogens with one attached hydrogen (secondary N) is 4. The lowest BCUT2D eigenvalue weighted by molar-refractivity contribution is 0.0941. The minimum atomic E-state index is -4.01. The molecule has 0 unspecified atom stereocenters. The maximum atomic E-state index is 14.6. The lowest BCUT2D eigenvalue weighted by atomic mass is 9.85. The lowest BCUT2D eigenvalue weighted by Gasteiger charge is -2.28. The fourth-order valence-electron chi connectivity index (χ4n) is 5.87. The highest BCUT2D eigenvalue weighted by Crippen LogP contribution is 2.35. The predicted molar refractivity (Wildman–Crippen MR) is 177 cm³/mol. The van der Waals surface area contributed by atoms with E-state index in [0.29, 0.717) is 34.3 Å². The molecule has 0 spiro atoms. The highest BCUT2D eigenvalue weighted by atomic mass is 32.2. The average molecular weight is 635 g/mol. The monoisotopic (exact) mass is 634 g/mol. The van der Waals surface area contributed by atoms with Gasteiger partial charge in [-0.3, -0.25) is 18.9 Å². The molecule has 1 atom stereocenters. The predicted octanol–water partition coefficient (Wildman–Crippen LogP) is 3.45. The van der Waals surface area contributed by atoms with E-state index < -0.39 is 22.2 Å². The molecule has 4 N–H and O–H groups in total. The van der Waals surface area contributed by atoms with Crippen LogP contribution in [-0.4, -0.2) is 46.8 Å². The van der Waals surface area contributed by atoms with Gasteiger partial charge in [-0.2, -0.15) is 8.42 Å². The first-order valence-corrected chi connectivity index (χ1v) is 16.0. The van der Waals surface area contributed by atoms with Crippen molar-refractivity contribution in [3.63, 3.8) is 0 Å². The highest BCUT2D eigenvalue weighted by molar-refractivity contribution is 7.90. The molecule has 0 bridgehead atoms. The normalized spacial score (nSPS) is 13.1. The standard InChI is InChI=1S/C33H30N8O4S/c1-20(19-34)13-14-23-16-15-22-9-7-12-25-26(22)27(23)33(43)41(24-10-5-4-6-11-24)29(25)21(2)37-32(42)28-30(39-46(44,45)35-3)38-40-18-8-17-36-31(28)40/h4-6,8,10-11,15-19,21,34-35H,1,7,9,12H2,2-3H3,(H,37,42)(H,38,39)/t21-/m0/s1. The van der Waals surface area contributed by atoms with Crippen LogP contribution in [0.1, 0.15) is 52.1 Å². The smallest absolute Gasteiger partial charge is 0.300 e. The van der Waals surface area contributed by atoms with Crippen LogP contribution in [0.2, 0.25) is 0 Å². The number of pyridine rings is 1. The number of carbonyl (C=O) groups excluding carboxylic acids is 1. The second kappa shape index (κ2) is 12.1. The van der Waals surface area contributed by atoms with Gasteiger partial charge in [-0.25, -0.2) is 14.2 Å². The SMILES string of the molecule is C=C(C#Cc1ccc2c3c(c([C@H](C)NC(=O)c4c(NS(=O)(=O)NC)nn5cccnc45)n(-c4ccccc4)c(=O)c13)CCC2)C=N. The Hall–Kier alpha value is -5.58. The van der Waals surface area contributed by atoms with Crippen LogP contribution >= 0.6 is 0 Å². The number of nitrogens with zero attached hydrogens (tertiary/aromatic N) is 4. The molecule has 12 nitrogen and oxygen atoms in total. The van der Waals surface area contributed by atoms with E-state index in [1.807, 2.05) is 42.5 Å². The van der Waals surface area contributed by atoms with Crippen LogP contribution in [0.3, 0.4) is 0 Å². The average Bonchev–Trinajstić information content (AvgIpc) is 3.42. The van der Waals surface area contributed by atoms with Gasteiger partial charge >= 0.3 is 0 Å². The molecule has 0 saturated heterocycles. The van der Waals surface area contributed by atoms with Gasteiger partial charge in [-0.1, -0.05) is 42.7 Å². The fraction of sp³-hybridized carbons (Fsp3) is 0.182. The van der Waals surface area contributed by atoms with E-state index in [1.54, 1.807) is 23.8 Å². The van der Waals surface area contributed by atoms with Gasteiger partial charge in [0.05, 0.1) is 17.1 Å². The summed E-state index contributed by atoms with van der Waals surface area (Å²) in [7, 11) is -2.77. The van der Waals surface area contributed by atoms with E-state index in [1.165, 1.54) is 17.8 Å². The third kappa shape index (κ3) is 5.44. The molecule has 1 amide bonds. The van der Waals surface area contributed by atoms with Crippen LogP contribution in [-0.2, 0) is 23.1 Å². The number of para-hydroxylation sites is 1. The highest BCUT2D eigenvalue weighted by Gasteiger charge is 2.30. The second-order valence-corrected chi connectivity index (χ2v) is 12.4. The van der Waals surface area contributed by atoms with Crippen LogP contribution in [0.5, 0.6) is 0 Å². The van der Waals surface area contributed by atoms with E-state index >= 15 is 0 Å². The molecule has 46 heavy (non-hydrogen) atoms. The summed E-state index contributed by atoms with van der Waals surface area (Å²) in [5.74, 6) is 5.08. The first-order chi connectivity index (χ1) is 22.1. The zero-order valence-electron chi connectivity index (χ0n) is 25.1. The molecule has 3 aromatic heterocycles. The Morgan fingerprint density at radius 1 is 1.13 bits per heavy atom. The molecule has 1 aliphatic carbocycles. The maximum absolute atomic E-state index is 14.6. The van der Waals surface area contributed by atoms with Crippen molar-refractivity contribution in [3.8, 4) is 17.5 Å². The molecular weight excluding hydrogens is 604 g/mol. The molecule has 6 rings (SSSR count). The zero-order chi connectivity index (χ0) is 32.6. The van der Waals surface area contributed by atoms with Crippen molar-refractivity contribution in [1.82, 2.24) is 29.2 Å². The molecule has 0 radical (unpaired) electrons. The Labute approximate surface area is 264 Å². The van der Waals surface area contributed by atoms with Gasteiger partial charge < -0.3 is 10.7 Å². The van der Waals surface area contributed by atoms with Crippen LogP contribution in [0, 0.1) is 17.3 Å². The summed E-state index contributed by atoms with van der Waals surface area (Å²) in [5, 5.41) is 16.0. The van der Waals surface area contributed by atoms with E-state index in [4.69, 9.17) is 5.41 Å². The summed E-state index contributed by atoms with van der Waals surface area (Å²) in [5.41, 5.74) is 3.78. The molecule has 232 valence electrons. The van der Waals surface area contributed by atoms with Gasteiger partial charge in [0.1, 0.15) is 5.56 Å². The number of carbonyl (C=O) groups is 1. The van der Waals surface area contributed by atoms with E-state index in [9.17, 15) is 18.0 Å². The van der Waals surface area contributed by atoms with E-state index in [2.05, 4.69) is 43.3 Å². The number of aryl methyl sites for hydroxylation is 2. The summed E-state index contributed by atoms with van der Waals surface area (Å²) in [6.45, 7) is 5.55. The molecule has 0 fully saturated rings. The third-order valence-electron chi connectivity index (χ3n) is 7.86. The minimum absolute atomic E-state index is 0.0704. The second-order valence-electron chi connectivity index (χ2n) is 10.8. The Morgan fingerprint density at radius 2 is 1.91 bits per heavy atom. The quantitative estimate of drug-likeness (QED) is 0.151. The number of amides is 1. The van der Waals surface area contributed by atoms with Crippen LogP contribution in [0.25, 0.3) is 22.1 Å². The molecule has 5 aromatic rings. The molecule has 3 heterocycles. The van der Waals surface area contributed by atoms with E-state index in [-0.39, 0.29) is 22.6 Å². The van der Waals surface area contributed by atoms with Crippen molar-refractivity contribution < 1.29 is 13.2 Å². The first kappa shape index (κ1) is 30.4. The number of fused-ring (bicyclic) bond motifs is 1. The molecule has 0 aliphatic heterocycles. The van der Waals surface area contributed by atoms with Gasteiger partial charge in [0, 0.05) is 42.5 Å². The van der Waals surface area contributed by atoms with Crippen molar-refractivity contribution in [1.29, 1.82) is 5.41 Å². The van der Waals surface area contributed by atoms with Crippen molar-refractivity contribution in [2.75, 3.05) is 11.8 Å². The van der Waals surface area contributed by atoms with Gasteiger partial charge in [0.2, 0.25) is 0 Å². The van der Waals surface area contributed by atoms with Crippen LogP contribution < -0.4 is 20.3 Å². The summed E-state index contributed by atoms with van der Waals surface area (Å²) in [6, 6.07) is 13.9. The maximum Gasteiger partial charge on any atom is 0.300 e. The minimum Gasteiger partial charge on any atom is -0.344 e. The van der Waals surface area contributed by atoms with Gasteiger partial charge in [-0.15, -0.1) is 5.10 Å². The topological polar surface area (TPSA) is 163 Å². The Balaban J connectivity index is 1.56. The Kier molecular flexibility index (Phi) is 7.99. The number of benzene rings is 2. The van der Waals surface area contributed by atoms with Crippen molar-refractivity contribution in [2.24, 2.45) is 0 Å². The van der Waals surface area contributed by atoms with Crippen molar-refractivity contribution in [3.05, 3.63) is 111 Å². The number of allylic oxidation sites excluding steroid dienone is 1. The number of hydrogen-bond donors (Lipinski definition) is 4. The molecule has 1 aliphatic rings. The Morgan fingerprint density at radius 3 is 2.65 bits per heavy atom.